The number of rotatable bonds is 2. The van der Waals surface area contributed by atoms with Crippen LogP contribution < -0.4 is 4.74 Å². The maximum atomic E-state index is 10.5. The highest BCUT2D eigenvalue weighted by molar-refractivity contribution is 5.54. The second-order valence-electron chi connectivity index (χ2n) is 7.32. The van der Waals surface area contributed by atoms with E-state index in [4.69, 9.17) is 4.74 Å². The number of aliphatic hydroxyl groups excluding tert-OH is 1. The van der Waals surface area contributed by atoms with Gasteiger partial charge in [-0.2, -0.15) is 0 Å². The third kappa shape index (κ3) is 1.97. The van der Waals surface area contributed by atoms with Crippen molar-refractivity contribution >= 4 is 0 Å². The van der Waals surface area contributed by atoms with E-state index >= 15 is 0 Å². The highest BCUT2D eigenvalue weighted by Gasteiger charge is 2.51. The number of ether oxygens (including phenoxy) is 1. The molecule has 0 heterocycles. The van der Waals surface area contributed by atoms with E-state index < -0.39 is 0 Å². The lowest BCUT2D eigenvalue weighted by atomic mass is 9.50. The van der Waals surface area contributed by atoms with E-state index in [-0.39, 0.29) is 17.4 Å². The molecule has 2 aliphatic rings. The average molecular weight is 290 g/mol. The molecule has 2 aliphatic carbocycles. The van der Waals surface area contributed by atoms with Gasteiger partial charge in [0.05, 0.1) is 7.11 Å². The van der Waals surface area contributed by atoms with Crippen molar-refractivity contribution < 1.29 is 14.9 Å². The van der Waals surface area contributed by atoms with Crippen molar-refractivity contribution in [3.05, 3.63) is 23.3 Å². The third-order valence-corrected chi connectivity index (χ3v) is 6.18. The number of aromatic hydroxyl groups is 1. The van der Waals surface area contributed by atoms with E-state index in [1.54, 1.807) is 7.11 Å². The Morgan fingerprint density at radius 2 is 2.05 bits per heavy atom. The fourth-order valence-electron chi connectivity index (χ4n) is 5.01. The van der Waals surface area contributed by atoms with Crippen LogP contribution in [0.4, 0.5) is 0 Å². The van der Waals surface area contributed by atoms with Crippen molar-refractivity contribution in [2.45, 2.75) is 51.4 Å². The maximum Gasteiger partial charge on any atom is 0.161 e. The quantitative estimate of drug-likeness (QED) is 0.877. The third-order valence-electron chi connectivity index (χ3n) is 6.18. The Kier molecular flexibility index (Phi) is 3.44. The van der Waals surface area contributed by atoms with Crippen LogP contribution in [-0.2, 0) is 11.8 Å². The summed E-state index contributed by atoms with van der Waals surface area (Å²) in [6.07, 6.45) is 5.26. The van der Waals surface area contributed by atoms with Crippen LogP contribution in [0.25, 0.3) is 0 Å². The summed E-state index contributed by atoms with van der Waals surface area (Å²) in [7, 11) is 1.60. The molecule has 0 radical (unpaired) electrons. The predicted molar refractivity (Wildman–Crippen MR) is 82.9 cm³/mol. The molecule has 0 saturated heterocycles. The normalized spacial score (nSPS) is 35.0. The Hall–Kier alpha value is -1.22. The van der Waals surface area contributed by atoms with Crippen molar-refractivity contribution in [3.8, 4) is 11.5 Å². The summed E-state index contributed by atoms with van der Waals surface area (Å²) >= 11 is 0. The van der Waals surface area contributed by atoms with Gasteiger partial charge < -0.3 is 14.9 Å². The van der Waals surface area contributed by atoms with Gasteiger partial charge in [0.15, 0.2) is 11.5 Å². The molecule has 0 bridgehead atoms. The van der Waals surface area contributed by atoms with Gasteiger partial charge in [-0.3, -0.25) is 0 Å². The number of phenolic OH excluding ortho intramolecular Hbond substituents is 1. The Morgan fingerprint density at radius 1 is 1.29 bits per heavy atom. The first-order valence-electron chi connectivity index (χ1n) is 7.96. The van der Waals surface area contributed by atoms with E-state index in [0.717, 1.165) is 37.7 Å². The summed E-state index contributed by atoms with van der Waals surface area (Å²) in [6.45, 7) is 4.79. The van der Waals surface area contributed by atoms with Gasteiger partial charge >= 0.3 is 0 Å². The zero-order valence-electron chi connectivity index (χ0n) is 13.3. The summed E-state index contributed by atoms with van der Waals surface area (Å²) in [5.74, 6) is 1.35. The molecule has 3 nitrogen and oxygen atoms in total. The zero-order chi connectivity index (χ0) is 15.3. The molecule has 2 N–H and O–H groups in total. The smallest absolute Gasteiger partial charge is 0.161 e. The minimum Gasteiger partial charge on any atom is -0.504 e. The maximum absolute atomic E-state index is 10.5. The van der Waals surface area contributed by atoms with E-state index in [0.29, 0.717) is 17.4 Å². The topological polar surface area (TPSA) is 49.7 Å². The first-order chi connectivity index (χ1) is 9.96. The lowest BCUT2D eigenvalue weighted by Gasteiger charge is -2.55. The first kappa shape index (κ1) is 14.7. The molecule has 3 rings (SSSR count). The number of aliphatic hydroxyl groups is 1. The Morgan fingerprint density at radius 3 is 2.71 bits per heavy atom. The van der Waals surface area contributed by atoms with Crippen LogP contribution in [0.2, 0.25) is 0 Å². The van der Waals surface area contributed by atoms with Gasteiger partial charge in [0.1, 0.15) is 0 Å². The van der Waals surface area contributed by atoms with Gasteiger partial charge in [0.25, 0.3) is 0 Å². The van der Waals surface area contributed by atoms with E-state index in [2.05, 4.69) is 19.9 Å². The molecule has 3 atom stereocenters. The lowest BCUT2D eigenvalue weighted by molar-refractivity contribution is -0.0181. The monoisotopic (exact) mass is 290 g/mol. The van der Waals surface area contributed by atoms with Gasteiger partial charge in [0.2, 0.25) is 0 Å². The van der Waals surface area contributed by atoms with Gasteiger partial charge in [-0.1, -0.05) is 26.3 Å². The average Bonchev–Trinajstić information content (AvgIpc) is 2.48. The highest BCUT2D eigenvalue weighted by atomic mass is 16.5. The summed E-state index contributed by atoms with van der Waals surface area (Å²) in [5, 5.41) is 20.4. The molecule has 0 spiro atoms. The number of phenols is 1. The van der Waals surface area contributed by atoms with E-state index in [1.807, 2.05) is 6.07 Å². The molecular weight excluding hydrogens is 264 g/mol. The minimum absolute atomic E-state index is 0.000235. The van der Waals surface area contributed by atoms with Gasteiger partial charge in [-0.25, -0.2) is 0 Å². The number of hydrogen-bond donors (Lipinski definition) is 2. The molecule has 0 aromatic heterocycles. The molecule has 0 amide bonds. The summed E-state index contributed by atoms with van der Waals surface area (Å²) in [6, 6.07) is 4.01. The van der Waals surface area contributed by atoms with Crippen LogP contribution in [0.3, 0.4) is 0 Å². The summed E-state index contributed by atoms with van der Waals surface area (Å²) in [5.41, 5.74) is 2.36. The molecule has 1 aromatic carbocycles. The number of benzene rings is 1. The molecule has 1 unspecified atom stereocenters. The second-order valence-corrected chi connectivity index (χ2v) is 7.32. The van der Waals surface area contributed by atoms with Crippen LogP contribution in [0, 0.1) is 11.3 Å². The zero-order valence-corrected chi connectivity index (χ0v) is 13.3. The van der Waals surface area contributed by atoms with E-state index in [9.17, 15) is 10.2 Å². The predicted octanol–water partition coefficient (Wildman–Crippen LogP) is 3.40. The van der Waals surface area contributed by atoms with Crippen molar-refractivity contribution in [1.82, 2.24) is 0 Å². The van der Waals surface area contributed by atoms with Crippen molar-refractivity contribution in [2.75, 3.05) is 13.7 Å². The Bertz CT molecular complexity index is 554. The first-order valence-corrected chi connectivity index (χ1v) is 7.96. The van der Waals surface area contributed by atoms with Crippen molar-refractivity contribution in [2.24, 2.45) is 11.3 Å². The number of methoxy groups -OCH3 is 1. The molecule has 116 valence electrons. The van der Waals surface area contributed by atoms with Crippen molar-refractivity contribution in [3.63, 3.8) is 0 Å². The van der Waals surface area contributed by atoms with Crippen LogP contribution in [-0.4, -0.2) is 23.9 Å². The summed E-state index contributed by atoms with van der Waals surface area (Å²) in [4.78, 5) is 0. The van der Waals surface area contributed by atoms with E-state index in [1.165, 1.54) is 5.56 Å². The molecule has 1 aromatic rings. The fraction of sp³-hybridized carbons (Fsp3) is 0.667. The molecule has 0 aliphatic heterocycles. The SMILES string of the molecule is COc1ccc2c(c1O)CCC1[C@@](C)(CO)CCC[C@]21C. The molecule has 21 heavy (non-hydrogen) atoms. The molecular formula is C18H26O3. The van der Waals surface area contributed by atoms with Crippen LogP contribution in [0.1, 0.15) is 50.7 Å². The molecule has 1 saturated carbocycles. The molecule has 1 fully saturated rings. The van der Waals surface area contributed by atoms with Gasteiger partial charge in [0, 0.05) is 12.2 Å². The fourth-order valence-corrected chi connectivity index (χ4v) is 5.01. The number of hydrogen-bond acceptors (Lipinski definition) is 3. The van der Waals surface area contributed by atoms with Crippen LogP contribution in [0.5, 0.6) is 11.5 Å². The number of fused-ring (bicyclic) bond motifs is 3. The van der Waals surface area contributed by atoms with Gasteiger partial charge in [-0.15, -0.1) is 0 Å². The lowest BCUT2D eigenvalue weighted by Crippen LogP contribution is -2.50. The molecule has 3 heteroatoms. The standard InChI is InChI=1S/C18H26O3/c1-17(11-19)9-4-10-18(2)13-6-7-14(21-3)16(20)12(13)5-8-15(17)18/h6-7,15,19-20H,4-5,8-11H2,1-3H3/t15?,17-,18-/m1/s1. The minimum atomic E-state index is 0.000235. The highest BCUT2D eigenvalue weighted by Crippen LogP contribution is 2.58. The van der Waals surface area contributed by atoms with Crippen LogP contribution >= 0.6 is 0 Å². The van der Waals surface area contributed by atoms with Gasteiger partial charge in [-0.05, 0) is 54.1 Å². The summed E-state index contributed by atoms with van der Waals surface area (Å²) < 4.78 is 5.25. The van der Waals surface area contributed by atoms with Crippen LogP contribution in [0.15, 0.2) is 12.1 Å². The second kappa shape index (κ2) is 4.91. The Balaban J connectivity index is 2.12. The van der Waals surface area contributed by atoms with Crippen molar-refractivity contribution in [1.29, 1.82) is 0 Å². The Labute approximate surface area is 127 Å². The largest absolute Gasteiger partial charge is 0.504 e.